The Bertz CT molecular complexity index is 1310. The number of rotatable bonds is 9. The van der Waals surface area contributed by atoms with Crippen molar-refractivity contribution in [3.63, 3.8) is 0 Å². The van der Waals surface area contributed by atoms with E-state index in [1.54, 1.807) is 17.5 Å². The van der Waals surface area contributed by atoms with Crippen LogP contribution >= 0.6 is 11.3 Å². The van der Waals surface area contributed by atoms with E-state index in [2.05, 4.69) is 21.9 Å². The number of ether oxygens (including phenoxy) is 1. The molecule has 10 heteroatoms. The number of thiazole rings is 1. The molecule has 0 fully saturated rings. The average Bonchev–Trinajstić information content (AvgIpc) is 3.50. The number of benzene rings is 2. The van der Waals surface area contributed by atoms with Crippen LogP contribution in [0.1, 0.15) is 28.8 Å². The van der Waals surface area contributed by atoms with E-state index in [-0.39, 0.29) is 22.4 Å². The van der Waals surface area contributed by atoms with E-state index in [1.165, 1.54) is 47.4 Å². The third-order valence-electron chi connectivity index (χ3n) is 4.67. The number of hydrogen-bond acceptors (Lipinski definition) is 7. The molecule has 0 aliphatic heterocycles. The summed E-state index contributed by atoms with van der Waals surface area (Å²) in [5, 5.41) is 4.64. The summed E-state index contributed by atoms with van der Waals surface area (Å²) in [6, 6.07) is 16.8. The number of aryl methyl sites for hydroxylation is 1. The van der Waals surface area contributed by atoms with Crippen LogP contribution in [0, 0.1) is 0 Å². The molecular weight excluding hydrogens is 462 g/mol. The Hall–Kier alpha value is -3.63. The van der Waals surface area contributed by atoms with Gasteiger partial charge in [-0.15, -0.1) is 11.3 Å². The van der Waals surface area contributed by atoms with Gasteiger partial charge in [0.1, 0.15) is 18.1 Å². The van der Waals surface area contributed by atoms with Gasteiger partial charge in [-0.05, 0) is 60.5 Å². The normalized spacial score (nSPS) is 11.2. The Kier molecular flexibility index (Phi) is 6.76. The fraction of sp³-hybridized carbons (Fsp3) is 0.130. The van der Waals surface area contributed by atoms with Crippen LogP contribution in [0.4, 0.5) is 10.8 Å². The number of aromatic nitrogens is 1. The molecule has 0 unspecified atom stereocenters. The van der Waals surface area contributed by atoms with Gasteiger partial charge in [-0.3, -0.25) is 9.52 Å². The predicted octanol–water partition coefficient (Wildman–Crippen LogP) is 4.93. The number of furan rings is 1. The van der Waals surface area contributed by atoms with Gasteiger partial charge in [0.05, 0.1) is 4.90 Å². The van der Waals surface area contributed by atoms with Gasteiger partial charge >= 0.3 is 0 Å². The van der Waals surface area contributed by atoms with Crippen LogP contribution in [-0.4, -0.2) is 19.3 Å². The molecule has 0 bridgehead atoms. The third-order valence-corrected chi connectivity index (χ3v) is 6.85. The molecule has 0 saturated carbocycles. The van der Waals surface area contributed by atoms with Crippen molar-refractivity contribution in [1.29, 1.82) is 0 Å². The van der Waals surface area contributed by atoms with Crippen molar-refractivity contribution in [2.45, 2.75) is 24.8 Å². The second kappa shape index (κ2) is 9.88. The summed E-state index contributed by atoms with van der Waals surface area (Å²) in [7, 11) is -3.76. The smallest absolute Gasteiger partial charge is 0.291 e. The number of carbonyl (C=O) groups excluding carboxylic acids is 1. The molecule has 0 aliphatic carbocycles. The minimum absolute atomic E-state index is 0.0557. The highest BCUT2D eigenvalue weighted by molar-refractivity contribution is 7.93. The Morgan fingerprint density at radius 1 is 1.06 bits per heavy atom. The molecule has 2 aromatic heterocycles. The lowest BCUT2D eigenvalue weighted by Crippen LogP contribution is -2.13. The number of carbonyl (C=O) groups is 1. The van der Waals surface area contributed by atoms with Crippen LogP contribution in [0.2, 0.25) is 0 Å². The van der Waals surface area contributed by atoms with Crippen molar-refractivity contribution >= 4 is 38.1 Å². The number of sulfonamides is 1. The molecule has 2 aromatic carbocycles. The highest BCUT2D eigenvalue weighted by Crippen LogP contribution is 2.21. The molecule has 0 atom stereocenters. The first-order valence-corrected chi connectivity index (χ1v) is 12.4. The molecule has 4 rings (SSSR count). The molecule has 0 spiro atoms. The van der Waals surface area contributed by atoms with Gasteiger partial charge < -0.3 is 14.5 Å². The predicted molar refractivity (Wildman–Crippen MR) is 126 cm³/mol. The molecule has 2 N–H and O–H groups in total. The van der Waals surface area contributed by atoms with E-state index in [1.807, 2.05) is 24.3 Å². The summed E-state index contributed by atoms with van der Waals surface area (Å²) in [4.78, 5) is 16.4. The Morgan fingerprint density at radius 3 is 2.48 bits per heavy atom. The quantitative estimate of drug-likeness (QED) is 0.349. The zero-order chi connectivity index (χ0) is 23.3. The van der Waals surface area contributed by atoms with E-state index in [0.29, 0.717) is 17.2 Å². The minimum atomic E-state index is -3.76. The summed E-state index contributed by atoms with van der Waals surface area (Å²) in [6.45, 7) is 2.28. The molecule has 0 aliphatic rings. The minimum Gasteiger partial charge on any atom is -0.486 e. The second-order valence-electron chi connectivity index (χ2n) is 6.97. The van der Waals surface area contributed by atoms with Gasteiger partial charge in [0.15, 0.2) is 10.9 Å². The van der Waals surface area contributed by atoms with E-state index in [9.17, 15) is 13.2 Å². The van der Waals surface area contributed by atoms with Crippen LogP contribution < -0.4 is 14.8 Å². The summed E-state index contributed by atoms with van der Waals surface area (Å²) in [5.41, 5.74) is 1.65. The second-order valence-corrected chi connectivity index (χ2v) is 9.55. The van der Waals surface area contributed by atoms with Crippen molar-refractivity contribution in [3.05, 3.63) is 89.3 Å². The number of amides is 1. The van der Waals surface area contributed by atoms with E-state index < -0.39 is 15.9 Å². The van der Waals surface area contributed by atoms with E-state index in [0.717, 1.165) is 6.42 Å². The topological polar surface area (TPSA) is 111 Å². The Balaban J connectivity index is 1.34. The first kappa shape index (κ1) is 22.6. The number of nitrogens with zero attached hydrogens (tertiary/aromatic N) is 1. The van der Waals surface area contributed by atoms with Crippen LogP contribution in [0.15, 0.2) is 81.6 Å². The molecule has 1 amide bonds. The van der Waals surface area contributed by atoms with Crippen molar-refractivity contribution < 1.29 is 22.4 Å². The van der Waals surface area contributed by atoms with Gasteiger partial charge in [-0.1, -0.05) is 19.1 Å². The van der Waals surface area contributed by atoms with Crippen molar-refractivity contribution in [1.82, 2.24) is 4.98 Å². The number of anilines is 2. The van der Waals surface area contributed by atoms with E-state index >= 15 is 0 Å². The monoisotopic (exact) mass is 483 g/mol. The van der Waals surface area contributed by atoms with Crippen LogP contribution in [0.5, 0.6) is 5.75 Å². The molecule has 33 heavy (non-hydrogen) atoms. The highest BCUT2D eigenvalue weighted by atomic mass is 32.2. The summed E-state index contributed by atoms with van der Waals surface area (Å²) in [6.07, 6.45) is 2.47. The lowest BCUT2D eigenvalue weighted by atomic mass is 10.2. The SMILES string of the molecule is CCc1ccc(OCc2ccc(C(=O)Nc3ccc(S(=O)(=O)Nc4nccs4)cc3)o2)cc1. The summed E-state index contributed by atoms with van der Waals surface area (Å²) < 4.78 is 38.5. The maximum absolute atomic E-state index is 12.5. The van der Waals surface area contributed by atoms with Crippen LogP contribution in [0.3, 0.4) is 0 Å². The first-order chi connectivity index (χ1) is 15.9. The molecular formula is C23H21N3O5S2. The largest absolute Gasteiger partial charge is 0.486 e. The maximum atomic E-state index is 12.5. The first-order valence-electron chi connectivity index (χ1n) is 10.1. The van der Waals surface area contributed by atoms with Gasteiger partial charge in [0.25, 0.3) is 15.9 Å². The zero-order valence-electron chi connectivity index (χ0n) is 17.6. The van der Waals surface area contributed by atoms with Crippen molar-refractivity contribution in [2.24, 2.45) is 0 Å². The third kappa shape index (κ3) is 5.79. The van der Waals surface area contributed by atoms with Crippen molar-refractivity contribution in [2.75, 3.05) is 10.0 Å². The summed E-state index contributed by atoms with van der Waals surface area (Å²) in [5.74, 6) is 0.894. The molecule has 0 radical (unpaired) electrons. The Morgan fingerprint density at radius 2 is 1.82 bits per heavy atom. The Labute approximate surface area is 195 Å². The fourth-order valence-electron chi connectivity index (χ4n) is 2.91. The molecule has 4 aromatic rings. The molecule has 2 heterocycles. The zero-order valence-corrected chi connectivity index (χ0v) is 19.3. The lowest BCUT2D eigenvalue weighted by Gasteiger charge is -2.07. The molecule has 8 nitrogen and oxygen atoms in total. The number of hydrogen-bond donors (Lipinski definition) is 2. The lowest BCUT2D eigenvalue weighted by molar-refractivity contribution is 0.0992. The molecule has 0 saturated heterocycles. The van der Waals surface area contributed by atoms with Gasteiger partial charge in [0.2, 0.25) is 0 Å². The average molecular weight is 484 g/mol. The standard InChI is InChI=1S/C23H21N3O5S2/c1-2-16-3-7-18(8-4-16)30-15-19-9-12-21(31-19)22(27)25-17-5-10-20(11-6-17)33(28,29)26-23-24-13-14-32-23/h3-14H,2,15H2,1H3,(H,24,26)(H,25,27). The number of nitrogens with one attached hydrogen (secondary N) is 2. The van der Waals surface area contributed by atoms with Gasteiger partial charge in [-0.2, -0.15) is 0 Å². The van der Waals surface area contributed by atoms with E-state index in [4.69, 9.17) is 9.15 Å². The highest BCUT2D eigenvalue weighted by Gasteiger charge is 2.16. The molecule has 170 valence electrons. The van der Waals surface area contributed by atoms with Crippen molar-refractivity contribution in [3.8, 4) is 5.75 Å². The maximum Gasteiger partial charge on any atom is 0.291 e. The van der Waals surface area contributed by atoms with Crippen LogP contribution in [-0.2, 0) is 23.1 Å². The van der Waals surface area contributed by atoms with Gasteiger partial charge in [-0.25, -0.2) is 13.4 Å². The fourth-order valence-corrected chi connectivity index (χ4v) is 4.70. The summed E-state index contributed by atoms with van der Waals surface area (Å²) >= 11 is 1.18. The van der Waals surface area contributed by atoms with Gasteiger partial charge in [0, 0.05) is 17.3 Å². The van der Waals surface area contributed by atoms with Crippen LogP contribution in [0.25, 0.3) is 0 Å².